The zero-order chi connectivity index (χ0) is 9.78. The Bertz CT molecular complexity index is 214. The van der Waals surface area contributed by atoms with Crippen molar-refractivity contribution in [2.45, 2.75) is 27.7 Å². The first-order valence-corrected chi connectivity index (χ1v) is 4.63. The van der Waals surface area contributed by atoms with Crippen LogP contribution in [0.3, 0.4) is 0 Å². The van der Waals surface area contributed by atoms with Crippen LogP contribution in [0, 0.1) is 5.41 Å². The average molecular weight is 183 g/mol. The van der Waals surface area contributed by atoms with Crippen LogP contribution in [-0.4, -0.2) is 0 Å². The Hall–Kier alpha value is -0.430. The number of rotatable bonds is 2. The van der Waals surface area contributed by atoms with E-state index in [1.807, 2.05) is 25.2 Å². The lowest BCUT2D eigenvalue weighted by atomic mass is 9.87. The van der Waals surface area contributed by atoms with Gasteiger partial charge in [-0.1, -0.05) is 33.4 Å². The van der Waals surface area contributed by atoms with Crippen LogP contribution >= 0.6 is 0 Å². The molecule has 0 heterocycles. The van der Waals surface area contributed by atoms with Crippen LogP contribution in [-0.2, 0) is 12.6 Å². The molecule has 0 aromatic rings. The molecule has 12 heavy (non-hydrogen) atoms. The first-order chi connectivity index (χ1) is 5.38. The Morgan fingerprint density at radius 2 is 1.75 bits per heavy atom. The lowest BCUT2D eigenvalue weighted by molar-refractivity contribution is 0.519. The van der Waals surface area contributed by atoms with E-state index in [-0.39, 0.29) is 5.41 Å². The van der Waals surface area contributed by atoms with Crippen molar-refractivity contribution in [3.8, 4) is 0 Å². The molecule has 0 aromatic carbocycles. The summed E-state index contributed by atoms with van der Waals surface area (Å²) in [5.41, 5.74) is 1.30. The van der Waals surface area contributed by atoms with Crippen LogP contribution in [0.2, 0.25) is 0 Å². The van der Waals surface area contributed by atoms with Gasteiger partial charge in [0.25, 0.3) is 0 Å². The van der Waals surface area contributed by atoms with Crippen molar-refractivity contribution in [2.24, 2.45) is 5.41 Å². The molecule has 0 bridgehead atoms. The lowest BCUT2D eigenvalue weighted by Crippen LogP contribution is -2.05. The second-order valence-corrected chi connectivity index (χ2v) is 4.43. The quantitative estimate of drug-likeness (QED) is 0.456. The first kappa shape index (κ1) is 11.6. The van der Waals surface area contributed by atoms with Crippen LogP contribution in [0.5, 0.6) is 0 Å². The summed E-state index contributed by atoms with van der Waals surface area (Å²) in [5.74, 6) is 0. The van der Waals surface area contributed by atoms with Crippen molar-refractivity contribution in [1.82, 2.24) is 0 Å². The summed E-state index contributed by atoms with van der Waals surface area (Å²) < 4.78 is 0. The first-order valence-electron chi connectivity index (χ1n) is 4.13. The van der Waals surface area contributed by atoms with E-state index in [1.54, 1.807) is 0 Å². The van der Waals surface area contributed by atoms with E-state index in [0.29, 0.717) is 0 Å². The van der Waals surface area contributed by atoms with Gasteiger partial charge in [-0.15, -0.1) is 0 Å². The summed E-state index contributed by atoms with van der Waals surface area (Å²) >= 11 is 3.45. The molecule has 0 unspecified atom stereocenters. The molecule has 0 aliphatic heterocycles. The van der Waals surface area contributed by atoms with Gasteiger partial charge in [0.2, 0.25) is 0 Å². The minimum absolute atomic E-state index is 0.163. The average Bonchev–Trinajstić information content (AvgIpc) is 1.97. The normalized spacial score (nSPS) is 13.9. The maximum Gasteiger partial charge on any atom is 0.146 e. The van der Waals surface area contributed by atoms with Gasteiger partial charge in [-0.3, -0.25) is 0 Å². The molecule has 0 rings (SSSR count). The van der Waals surface area contributed by atoms with Gasteiger partial charge in [0.05, 0.1) is 0 Å². The maximum absolute atomic E-state index is 4.00. The van der Waals surface area contributed by atoms with Gasteiger partial charge in [-0.25, -0.2) is 0 Å². The van der Waals surface area contributed by atoms with Gasteiger partial charge >= 0.3 is 0 Å². The van der Waals surface area contributed by atoms with Gasteiger partial charge < -0.3 is 0 Å². The van der Waals surface area contributed by atoms with E-state index >= 15 is 0 Å². The minimum atomic E-state index is 0.163. The summed E-state index contributed by atoms with van der Waals surface area (Å²) in [5, 5.41) is 0. The molecular formula is C11H19S+. The zero-order valence-electron chi connectivity index (χ0n) is 8.44. The summed E-state index contributed by atoms with van der Waals surface area (Å²) in [6.45, 7) is 12.5. The van der Waals surface area contributed by atoms with Crippen molar-refractivity contribution < 1.29 is 0 Å². The van der Waals surface area contributed by atoms with E-state index in [2.05, 4.69) is 40.0 Å². The molecule has 0 fully saturated rings. The van der Waals surface area contributed by atoms with Gasteiger partial charge in [-0.05, 0) is 42.7 Å². The molecule has 0 saturated carbocycles. The molecule has 0 aromatic heterocycles. The number of hydrogen-bond acceptors (Lipinski definition) is 0. The van der Waals surface area contributed by atoms with Crippen LogP contribution in [0.4, 0.5) is 0 Å². The Morgan fingerprint density at radius 3 is 2.08 bits per heavy atom. The van der Waals surface area contributed by atoms with Crippen molar-refractivity contribution in [2.75, 3.05) is 0 Å². The highest BCUT2D eigenvalue weighted by molar-refractivity contribution is 7.63. The molecule has 0 radical (unpaired) electrons. The molecule has 0 aliphatic rings. The SMILES string of the molecule is C=C(/C=C\C([SH2+])=C/C)C(C)(C)C. The number of hydrogen-bond donors (Lipinski definition) is 0. The van der Waals surface area contributed by atoms with Crippen molar-refractivity contribution in [1.29, 1.82) is 0 Å². The Balaban J connectivity index is 4.29. The molecule has 0 atom stereocenters. The molecule has 0 saturated heterocycles. The van der Waals surface area contributed by atoms with Gasteiger partial charge in [-0.2, -0.15) is 0 Å². The molecule has 0 aliphatic carbocycles. The molecule has 1 heteroatoms. The largest absolute Gasteiger partial charge is 0.146 e. The van der Waals surface area contributed by atoms with E-state index in [9.17, 15) is 0 Å². The second-order valence-electron chi connectivity index (χ2n) is 3.85. The van der Waals surface area contributed by atoms with Gasteiger partial charge in [0.1, 0.15) is 4.91 Å². The van der Waals surface area contributed by atoms with Crippen molar-refractivity contribution in [3.05, 3.63) is 35.3 Å². The number of allylic oxidation sites excluding steroid dienone is 4. The standard InChI is InChI=1S/C11H18S/c1-6-10(12)8-7-9(2)11(3,4)5/h6-8,12H,2H2,1,3-5H3/p+1/b8-7-,10-6+. The van der Waals surface area contributed by atoms with Crippen molar-refractivity contribution in [3.63, 3.8) is 0 Å². The van der Waals surface area contributed by atoms with Crippen molar-refractivity contribution >= 4 is 12.6 Å². The highest BCUT2D eigenvalue weighted by atomic mass is 32.1. The third-order valence-electron chi connectivity index (χ3n) is 1.74. The summed E-state index contributed by atoms with van der Waals surface area (Å²) in [4.78, 5) is 1.08. The fraction of sp³-hybridized carbons (Fsp3) is 0.455. The predicted molar refractivity (Wildman–Crippen MR) is 61.6 cm³/mol. The smallest absolute Gasteiger partial charge is 0.0953 e. The topological polar surface area (TPSA) is 0 Å². The predicted octanol–water partition coefficient (Wildman–Crippen LogP) is 3.06. The maximum atomic E-state index is 4.00. The van der Waals surface area contributed by atoms with Crippen LogP contribution in [0.15, 0.2) is 35.3 Å². The van der Waals surface area contributed by atoms with E-state index in [0.717, 1.165) is 10.5 Å². The fourth-order valence-electron chi connectivity index (χ4n) is 0.537. The monoisotopic (exact) mass is 183 g/mol. The Morgan fingerprint density at radius 1 is 1.25 bits per heavy atom. The molecule has 0 amide bonds. The molecule has 68 valence electrons. The van der Waals surface area contributed by atoms with Crippen LogP contribution in [0.1, 0.15) is 27.7 Å². The third-order valence-corrected chi connectivity index (χ3v) is 2.19. The zero-order valence-corrected chi connectivity index (χ0v) is 9.44. The lowest BCUT2D eigenvalue weighted by Gasteiger charge is -2.18. The second kappa shape index (κ2) is 4.56. The van der Waals surface area contributed by atoms with E-state index < -0.39 is 0 Å². The molecular weight excluding hydrogens is 164 g/mol. The molecule has 0 N–H and O–H groups in total. The highest BCUT2D eigenvalue weighted by Gasteiger charge is 2.11. The summed E-state index contributed by atoms with van der Waals surface area (Å²) in [6.07, 6.45) is 6.07. The Kier molecular flexibility index (Phi) is 4.40. The summed E-state index contributed by atoms with van der Waals surface area (Å²) in [7, 11) is 0. The van der Waals surface area contributed by atoms with Crippen LogP contribution < -0.4 is 0 Å². The minimum Gasteiger partial charge on any atom is -0.0953 e. The molecule has 0 spiro atoms. The third kappa shape index (κ3) is 4.45. The Labute approximate surface area is 81.5 Å². The fourth-order valence-corrected chi connectivity index (χ4v) is 0.620. The van der Waals surface area contributed by atoms with Gasteiger partial charge in [0, 0.05) is 0 Å². The summed E-state index contributed by atoms with van der Waals surface area (Å²) in [6, 6.07) is 0. The van der Waals surface area contributed by atoms with Crippen LogP contribution in [0.25, 0.3) is 0 Å². The van der Waals surface area contributed by atoms with Gasteiger partial charge in [0.15, 0.2) is 0 Å². The molecule has 0 nitrogen and oxygen atoms in total. The van der Waals surface area contributed by atoms with E-state index in [1.165, 1.54) is 0 Å². The van der Waals surface area contributed by atoms with E-state index in [4.69, 9.17) is 0 Å². The highest BCUT2D eigenvalue weighted by Crippen LogP contribution is 2.24.